The molecule has 0 aliphatic heterocycles. The van der Waals surface area contributed by atoms with Crippen LogP contribution >= 0.6 is 15.9 Å². The lowest BCUT2D eigenvalue weighted by Crippen LogP contribution is -2.41. The molecule has 2 N–H and O–H groups in total. The van der Waals surface area contributed by atoms with Crippen LogP contribution in [0.5, 0.6) is 5.75 Å². The maximum Gasteiger partial charge on any atom is 0.317 e. The van der Waals surface area contributed by atoms with Gasteiger partial charge in [-0.25, -0.2) is 4.79 Å². The molecule has 112 valence electrons. The van der Waals surface area contributed by atoms with Crippen molar-refractivity contribution in [3.05, 3.63) is 28.2 Å². The van der Waals surface area contributed by atoms with Crippen LogP contribution in [0.15, 0.2) is 22.7 Å². The second kappa shape index (κ2) is 7.50. The zero-order valence-corrected chi connectivity index (χ0v) is 13.8. The van der Waals surface area contributed by atoms with Crippen molar-refractivity contribution in [1.82, 2.24) is 10.2 Å². The van der Waals surface area contributed by atoms with E-state index in [-0.39, 0.29) is 12.1 Å². The smallest absolute Gasteiger partial charge is 0.317 e. The summed E-state index contributed by atoms with van der Waals surface area (Å²) in [6.07, 6.45) is -0.545. The number of nitrogens with zero attached hydrogens (tertiary/aromatic N) is 1. The maximum absolute atomic E-state index is 11.9. The number of hydrogen-bond donors (Lipinski definition) is 2. The summed E-state index contributed by atoms with van der Waals surface area (Å²) >= 11 is 3.42. The Morgan fingerprint density at radius 1 is 1.50 bits per heavy atom. The molecule has 1 aromatic carbocycles. The zero-order chi connectivity index (χ0) is 15.3. The number of aliphatic hydroxyl groups is 1. The molecule has 0 radical (unpaired) electrons. The van der Waals surface area contributed by atoms with Gasteiger partial charge in [-0.05, 0) is 47.5 Å². The van der Waals surface area contributed by atoms with Crippen molar-refractivity contribution in [3.63, 3.8) is 0 Å². The van der Waals surface area contributed by atoms with E-state index in [9.17, 15) is 9.90 Å². The van der Waals surface area contributed by atoms with Crippen molar-refractivity contribution in [3.8, 4) is 5.75 Å². The van der Waals surface area contributed by atoms with E-state index in [1.54, 1.807) is 21.1 Å². The van der Waals surface area contributed by atoms with Gasteiger partial charge in [-0.1, -0.05) is 6.07 Å². The average Bonchev–Trinajstić information content (AvgIpc) is 2.37. The Morgan fingerprint density at radius 3 is 2.65 bits per heavy atom. The Labute approximate surface area is 128 Å². The van der Waals surface area contributed by atoms with Gasteiger partial charge in [-0.2, -0.15) is 0 Å². The van der Waals surface area contributed by atoms with E-state index in [0.29, 0.717) is 6.54 Å². The summed E-state index contributed by atoms with van der Waals surface area (Å²) in [7, 11) is 3.26. The van der Waals surface area contributed by atoms with Crippen LogP contribution < -0.4 is 10.1 Å². The zero-order valence-electron chi connectivity index (χ0n) is 12.2. The number of halogens is 1. The average molecular weight is 345 g/mol. The number of nitrogens with one attached hydrogen (secondary N) is 1. The fourth-order valence-electron chi connectivity index (χ4n) is 1.81. The fourth-order valence-corrected chi connectivity index (χ4v) is 2.37. The Morgan fingerprint density at radius 2 is 2.15 bits per heavy atom. The standard InChI is InChI=1S/C14H21BrN2O3/c1-9(18)8-17(3)14(19)16-10(2)11-5-6-13(20-4)12(15)7-11/h5-7,9-10,18H,8H2,1-4H3,(H,16,19). The Kier molecular flexibility index (Phi) is 6.29. The van der Waals surface area contributed by atoms with Gasteiger partial charge in [-0.3, -0.25) is 0 Å². The molecule has 20 heavy (non-hydrogen) atoms. The van der Waals surface area contributed by atoms with Gasteiger partial charge in [0, 0.05) is 13.6 Å². The first-order chi connectivity index (χ1) is 9.35. The number of hydrogen-bond acceptors (Lipinski definition) is 3. The number of likely N-dealkylation sites (N-methyl/N-ethyl adjacent to an activating group) is 1. The molecular formula is C14H21BrN2O3. The van der Waals surface area contributed by atoms with Crippen LogP contribution in [0.25, 0.3) is 0 Å². The third-order valence-corrected chi connectivity index (χ3v) is 3.52. The Bertz CT molecular complexity index is 466. The lowest BCUT2D eigenvalue weighted by molar-refractivity contribution is 0.142. The molecular weight excluding hydrogens is 324 g/mol. The molecule has 6 heteroatoms. The molecule has 0 aliphatic rings. The van der Waals surface area contributed by atoms with Crippen LogP contribution in [0.2, 0.25) is 0 Å². The number of carbonyl (C=O) groups is 1. The largest absolute Gasteiger partial charge is 0.496 e. The van der Waals surface area contributed by atoms with Crippen LogP contribution in [0, 0.1) is 0 Å². The van der Waals surface area contributed by atoms with Gasteiger partial charge >= 0.3 is 6.03 Å². The molecule has 2 amide bonds. The van der Waals surface area contributed by atoms with Crippen molar-refractivity contribution in [2.24, 2.45) is 0 Å². The van der Waals surface area contributed by atoms with E-state index in [4.69, 9.17) is 4.74 Å². The monoisotopic (exact) mass is 344 g/mol. The first kappa shape index (κ1) is 16.8. The van der Waals surface area contributed by atoms with Crippen molar-refractivity contribution < 1.29 is 14.6 Å². The lowest BCUT2D eigenvalue weighted by atomic mass is 10.1. The first-order valence-corrected chi connectivity index (χ1v) is 7.17. The van der Waals surface area contributed by atoms with Gasteiger partial charge in [0.15, 0.2) is 0 Å². The molecule has 2 unspecified atom stereocenters. The summed E-state index contributed by atoms with van der Waals surface area (Å²) in [6, 6.07) is 5.31. The van der Waals surface area contributed by atoms with Gasteiger partial charge in [-0.15, -0.1) is 0 Å². The highest BCUT2D eigenvalue weighted by atomic mass is 79.9. The molecule has 0 spiro atoms. The third kappa shape index (κ3) is 4.68. The van der Waals surface area contributed by atoms with Gasteiger partial charge in [0.25, 0.3) is 0 Å². The first-order valence-electron chi connectivity index (χ1n) is 6.38. The highest BCUT2D eigenvalue weighted by molar-refractivity contribution is 9.10. The van der Waals surface area contributed by atoms with Crippen molar-refractivity contribution in [2.45, 2.75) is 26.0 Å². The molecule has 0 heterocycles. The van der Waals surface area contributed by atoms with E-state index in [1.165, 1.54) is 4.90 Å². The highest BCUT2D eigenvalue weighted by Crippen LogP contribution is 2.27. The molecule has 0 aliphatic carbocycles. The lowest BCUT2D eigenvalue weighted by Gasteiger charge is -2.23. The quantitative estimate of drug-likeness (QED) is 0.862. The predicted molar refractivity (Wildman–Crippen MR) is 82.0 cm³/mol. The van der Waals surface area contributed by atoms with E-state index in [2.05, 4.69) is 21.2 Å². The molecule has 5 nitrogen and oxygen atoms in total. The topological polar surface area (TPSA) is 61.8 Å². The van der Waals surface area contributed by atoms with Gasteiger partial charge < -0.3 is 20.1 Å². The SMILES string of the molecule is COc1ccc(C(C)NC(=O)N(C)CC(C)O)cc1Br. The molecule has 0 fully saturated rings. The molecule has 0 bridgehead atoms. The number of benzene rings is 1. The summed E-state index contributed by atoms with van der Waals surface area (Å²) in [4.78, 5) is 13.4. The van der Waals surface area contributed by atoms with Crippen molar-refractivity contribution in [2.75, 3.05) is 20.7 Å². The van der Waals surface area contributed by atoms with Crippen LogP contribution in [0.1, 0.15) is 25.5 Å². The minimum Gasteiger partial charge on any atom is -0.496 e. The predicted octanol–water partition coefficient (Wildman–Crippen LogP) is 2.54. The van der Waals surface area contributed by atoms with Crippen molar-refractivity contribution >= 4 is 22.0 Å². The summed E-state index contributed by atoms with van der Waals surface area (Å²) in [5.74, 6) is 0.749. The summed E-state index contributed by atoms with van der Waals surface area (Å²) in [5.41, 5.74) is 0.969. The number of aliphatic hydroxyl groups excluding tert-OH is 1. The number of methoxy groups -OCH3 is 1. The minimum absolute atomic E-state index is 0.138. The minimum atomic E-state index is -0.545. The molecule has 1 rings (SSSR count). The fraction of sp³-hybridized carbons (Fsp3) is 0.500. The number of urea groups is 1. The van der Waals surface area contributed by atoms with Gasteiger partial charge in [0.2, 0.25) is 0 Å². The number of amides is 2. The van der Waals surface area contributed by atoms with E-state index in [0.717, 1.165) is 15.8 Å². The normalized spacial score (nSPS) is 13.5. The van der Waals surface area contributed by atoms with Gasteiger partial charge in [0.1, 0.15) is 5.75 Å². The van der Waals surface area contributed by atoms with Crippen LogP contribution in [-0.4, -0.2) is 42.8 Å². The second-order valence-electron chi connectivity index (χ2n) is 4.79. The summed E-state index contributed by atoms with van der Waals surface area (Å²) < 4.78 is 6.02. The van der Waals surface area contributed by atoms with E-state index >= 15 is 0 Å². The molecule has 1 aromatic rings. The van der Waals surface area contributed by atoms with Crippen LogP contribution in [0.3, 0.4) is 0 Å². The molecule has 0 saturated heterocycles. The maximum atomic E-state index is 11.9. The highest BCUT2D eigenvalue weighted by Gasteiger charge is 2.15. The number of carbonyl (C=O) groups excluding carboxylic acids is 1. The summed E-state index contributed by atoms with van der Waals surface area (Å²) in [6.45, 7) is 3.85. The van der Waals surface area contributed by atoms with E-state index < -0.39 is 6.10 Å². The molecule has 0 aromatic heterocycles. The summed E-state index contributed by atoms with van der Waals surface area (Å²) in [5, 5.41) is 12.2. The van der Waals surface area contributed by atoms with Crippen LogP contribution in [-0.2, 0) is 0 Å². The Balaban J connectivity index is 2.68. The Hall–Kier alpha value is -1.27. The second-order valence-corrected chi connectivity index (χ2v) is 5.65. The van der Waals surface area contributed by atoms with Crippen LogP contribution in [0.4, 0.5) is 4.79 Å². The molecule has 0 saturated carbocycles. The van der Waals surface area contributed by atoms with E-state index in [1.807, 2.05) is 25.1 Å². The van der Waals surface area contributed by atoms with Gasteiger partial charge in [0.05, 0.1) is 23.7 Å². The van der Waals surface area contributed by atoms with Crippen molar-refractivity contribution in [1.29, 1.82) is 0 Å². The third-order valence-electron chi connectivity index (χ3n) is 2.90. The number of rotatable bonds is 5. The molecule has 2 atom stereocenters. The number of ether oxygens (including phenoxy) is 1.